The second-order valence-electron chi connectivity index (χ2n) is 3.78. The second-order valence-corrected chi connectivity index (χ2v) is 5.01. The first kappa shape index (κ1) is 14.8. The van der Waals surface area contributed by atoms with Gasteiger partial charge in [-0.1, -0.05) is 0 Å². The molecule has 2 aliphatic rings. The predicted molar refractivity (Wildman–Crippen MR) is 69.3 cm³/mol. The van der Waals surface area contributed by atoms with Crippen LogP contribution in [0.4, 0.5) is 0 Å². The SMILES string of the molecule is CNC1CN(C2CCSCC2)C1.Cl.Cl. The van der Waals surface area contributed by atoms with E-state index >= 15 is 0 Å². The number of nitrogens with one attached hydrogen (secondary N) is 1. The van der Waals surface area contributed by atoms with Gasteiger partial charge < -0.3 is 5.32 Å². The van der Waals surface area contributed by atoms with Crippen molar-refractivity contribution in [2.45, 2.75) is 24.9 Å². The Kier molecular flexibility index (Phi) is 7.61. The molecule has 0 atom stereocenters. The van der Waals surface area contributed by atoms with Crippen molar-refractivity contribution in [3.8, 4) is 0 Å². The molecule has 0 spiro atoms. The molecule has 2 fully saturated rings. The van der Waals surface area contributed by atoms with Crippen LogP contribution < -0.4 is 5.32 Å². The van der Waals surface area contributed by atoms with Crippen LogP contribution in [0.5, 0.6) is 0 Å². The molecule has 2 aliphatic heterocycles. The van der Waals surface area contributed by atoms with Gasteiger partial charge in [0.05, 0.1) is 0 Å². The fourth-order valence-electron chi connectivity index (χ4n) is 2.04. The normalized spacial score (nSPS) is 24.6. The van der Waals surface area contributed by atoms with E-state index in [1.54, 1.807) is 0 Å². The number of thioether (sulfide) groups is 1. The van der Waals surface area contributed by atoms with Gasteiger partial charge in [-0.25, -0.2) is 0 Å². The lowest BCUT2D eigenvalue weighted by Gasteiger charge is -2.45. The highest BCUT2D eigenvalue weighted by atomic mass is 35.5. The minimum Gasteiger partial charge on any atom is -0.315 e. The zero-order valence-electron chi connectivity index (χ0n) is 8.57. The van der Waals surface area contributed by atoms with Gasteiger partial charge in [-0.2, -0.15) is 11.8 Å². The van der Waals surface area contributed by atoms with E-state index in [0.717, 1.165) is 12.1 Å². The lowest BCUT2D eigenvalue weighted by molar-refractivity contribution is 0.0749. The minimum absolute atomic E-state index is 0. The molecule has 0 bridgehead atoms. The highest BCUT2D eigenvalue weighted by Gasteiger charge is 2.31. The van der Waals surface area contributed by atoms with E-state index in [-0.39, 0.29) is 24.8 Å². The monoisotopic (exact) mass is 258 g/mol. The summed E-state index contributed by atoms with van der Waals surface area (Å²) in [7, 11) is 2.07. The molecule has 5 heteroatoms. The topological polar surface area (TPSA) is 15.3 Å². The molecule has 0 aromatic heterocycles. The van der Waals surface area contributed by atoms with Gasteiger partial charge >= 0.3 is 0 Å². The fraction of sp³-hybridized carbons (Fsp3) is 1.00. The van der Waals surface area contributed by atoms with Crippen LogP contribution in [0.15, 0.2) is 0 Å². The third kappa shape index (κ3) is 3.46. The molecule has 0 aliphatic carbocycles. The molecule has 86 valence electrons. The van der Waals surface area contributed by atoms with Gasteiger partial charge in [0.1, 0.15) is 0 Å². The molecule has 2 rings (SSSR count). The molecular formula is C9H20Cl2N2S. The summed E-state index contributed by atoms with van der Waals surface area (Å²) >= 11 is 2.11. The third-order valence-corrected chi connectivity index (χ3v) is 4.07. The number of nitrogens with zero attached hydrogens (tertiary/aromatic N) is 1. The molecule has 0 unspecified atom stereocenters. The molecule has 1 N–H and O–H groups in total. The Bertz CT molecular complexity index is 148. The van der Waals surface area contributed by atoms with Crippen LogP contribution in [-0.4, -0.2) is 48.6 Å². The van der Waals surface area contributed by atoms with E-state index in [0.29, 0.717) is 0 Å². The summed E-state index contributed by atoms with van der Waals surface area (Å²) < 4.78 is 0. The van der Waals surface area contributed by atoms with Crippen molar-refractivity contribution >= 4 is 36.6 Å². The molecule has 0 radical (unpaired) electrons. The molecule has 14 heavy (non-hydrogen) atoms. The maximum Gasteiger partial charge on any atom is 0.0320 e. The van der Waals surface area contributed by atoms with Crippen molar-refractivity contribution < 1.29 is 0 Å². The van der Waals surface area contributed by atoms with Gasteiger partial charge in [-0.05, 0) is 31.4 Å². The lowest BCUT2D eigenvalue weighted by atomic mass is 10.0. The van der Waals surface area contributed by atoms with E-state index in [1.807, 2.05) is 0 Å². The van der Waals surface area contributed by atoms with Crippen molar-refractivity contribution in [1.82, 2.24) is 10.2 Å². The van der Waals surface area contributed by atoms with E-state index in [1.165, 1.54) is 37.4 Å². The van der Waals surface area contributed by atoms with Crippen LogP contribution in [0.2, 0.25) is 0 Å². The molecule has 0 aromatic carbocycles. The highest BCUT2D eigenvalue weighted by molar-refractivity contribution is 7.99. The van der Waals surface area contributed by atoms with Crippen LogP contribution in [0.25, 0.3) is 0 Å². The Morgan fingerprint density at radius 3 is 2.21 bits per heavy atom. The maximum absolute atomic E-state index is 3.32. The number of hydrogen-bond acceptors (Lipinski definition) is 3. The van der Waals surface area contributed by atoms with Crippen LogP contribution in [-0.2, 0) is 0 Å². The summed E-state index contributed by atoms with van der Waals surface area (Å²) in [5, 5.41) is 3.32. The van der Waals surface area contributed by atoms with Crippen molar-refractivity contribution in [1.29, 1.82) is 0 Å². The molecular weight excluding hydrogens is 239 g/mol. The minimum atomic E-state index is 0. The average molecular weight is 259 g/mol. The highest BCUT2D eigenvalue weighted by Crippen LogP contribution is 2.24. The fourth-order valence-corrected chi connectivity index (χ4v) is 3.13. The lowest BCUT2D eigenvalue weighted by Crippen LogP contribution is -2.60. The molecule has 0 amide bonds. The molecule has 0 aromatic rings. The van der Waals surface area contributed by atoms with Crippen LogP contribution in [0.3, 0.4) is 0 Å². The Morgan fingerprint density at radius 1 is 1.14 bits per heavy atom. The summed E-state index contributed by atoms with van der Waals surface area (Å²) in [5.41, 5.74) is 0. The maximum atomic E-state index is 3.32. The largest absolute Gasteiger partial charge is 0.315 e. The number of likely N-dealkylation sites (N-methyl/N-ethyl adjacent to an activating group) is 1. The molecule has 2 heterocycles. The van der Waals surface area contributed by atoms with Gasteiger partial charge in [0.2, 0.25) is 0 Å². The Morgan fingerprint density at radius 2 is 1.71 bits per heavy atom. The van der Waals surface area contributed by atoms with Crippen LogP contribution >= 0.6 is 36.6 Å². The number of hydrogen-bond donors (Lipinski definition) is 1. The Labute approximate surface area is 103 Å². The zero-order valence-corrected chi connectivity index (χ0v) is 11.0. The number of halogens is 2. The van der Waals surface area contributed by atoms with E-state index in [4.69, 9.17) is 0 Å². The Hall–Kier alpha value is 0.850. The van der Waals surface area contributed by atoms with Crippen molar-refractivity contribution in [2.75, 3.05) is 31.6 Å². The summed E-state index contributed by atoms with van der Waals surface area (Å²) in [5.74, 6) is 2.76. The van der Waals surface area contributed by atoms with Gasteiger partial charge in [-0.15, -0.1) is 24.8 Å². The van der Waals surface area contributed by atoms with Gasteiger partial charge in [0.25, 0.3) is 0 Å². The molecule has 2 nitrogen and oxygen atoms in total. The van der Waals surface area contributed by atoms with Gasteiger partial charge in [0.15, 0.2) is 0 Å². The Balaban J connectivity index is 0.000000845. The van der Waals surface area contributed by atoms with Crippen LogP contribution in [0, 0.1) is 0 Å². The average Bonchev–Trinajstić information content (AvgIpc) is 2.04. The van der Waals surface area contributed by atoms with Crippen molar-refractivity contribution in [3.63, 3.8) is 0 Å². The smallest absolute Gasteiger partial charge is 0.0320 e. The summed E-state index contributed by atoms with van der Waals surface area (Å²) in [4.78, 5) is 2.64. The van der Waals surface area contributed by atoms with E-state index in [9.17, 15) is 0 Å². The van der Waals surface area contributed by atoms with E-state index in [2.05, 4.69) is 29.0 Å². The summed E-state index contributed by atoms with van der Waals surface area (Å²) in [6.07, 6.45) is 2.84. The first-order valence-electron chi connectivity index (χ1n) is 4.89. The van der Waals surface area contributed by atoms with Gasteiger partial charge in [0, 0.05) is 25.2 Å². The quantitative estimate of drug-likeness (QED) is 0.811. The number of rotatable bonds is 2. The third-order valence-electron chi connectivity index (χ3n) is 3.03. The van der Waals surface area contributed by atoms with Gasteiger partial charge in [-0.3, -0.25) is 4.90 Å². The first-order chi connectivity index (χ1) is 5.90. The summed E-state index contributed by atoms with van der Waals surface area (Å²) in [6.45, 7) is 2.57. The summed E-state index contributed by atoms with van der Waals surface area (Å²) in [6, 6.07) is 1.69. The predicted octanol–water partition coefficient (Wildman–Crippen LogP) is 1.63. The van der Waals surface area contributed by atoms with Crippen molar-refractivity contribution in [3.05, 3.63) is 0 Å². The van der Waals surface area contributed by atoms with Crippen molar-refractivity contribution in [2.24, 2.45) is 0 Å². The molecule has 0 saturated carbocycles. The zero-order chi connectivity index (χ0) is 8.39. The first-order valence-corrected chi connectivity index (χ1v) is 6.04. The molecule has 2 saturated heterocycles. The standard InChI is InChI=1S/C9H18N2S.2ClH/c1-10-8-6-11(7-8)9-2-4-12-5-3-9;;/h8-10H,2-7H2,1H3;2*1H. The van der Waals surface area contributed by atoms with Crippen LogP contribution in [0.1, 0.15) is 12.8 Å². The number of likely N-dealkylation sites (tertiary alicyclic amines) is 1. The van der Waals surface area contributed by atoms with E-state index < -0.39 is 0 Å². The second kappa shape index (κ2) is 7.18.